The van der Waals surface area contributed by atoms with Crippen LogP contribution in [-0.4, -0.2) is 27.6 Å². The Kier molecular flexibility index (Phi) is 5.89. The smallest absolute Gasteiger partial charge is 0.306 e. The van der Waals surface area contributed by atoms with Gasteiger partial charge in [0.25, 0.3) is 0 Å². The molecule has 30 heavy (non-hydrogen) atoms. The van der Waals surface area contributed by atoms with E-state index in [0.29, 0.717) is 6.42 Å². The maximum Gasteiger partial charge on any atom is 0.306 e. The summed E-state index contributed by atoms with van der Waals surface area (Å²) in [6, 6.07) is 15.1. The molecule has 7 nitrogen and oxygen atoms in total. The summed E-state index contributed by atoms with van der Waals surface area (Å²) in [6.45, 7) is 0.186. The Hall–Kier alpha value is -3.87. The molecule has 0 aliphatic carbocycles. The van der Waals surface area contributed by atoms with Gasteiger partial charge in [0.1, 0.15) is 36.0 Å². The van der Waals surface area contributed by atoms with Crippen LogP contribution in [0.1, 0.15) is 17.7 Å². The monoisotopic (exact) mass is 403 g/mol. The summed E-state index contributed by atoms with van der Waals surface area (Å²) in [5, 5.41) is 0. The Morgan fingerprint density at radius 1 is 1.10 bits per heavy atom. The van der Waals surface area contributed by atoms with Crippen molar-refractivity contribution in [3.05, 3.63) is 84.8 Å². The minimum atomic E-state index is -0.281. The molecule has 0 bridgehead atoms. The number of pyridine rings is 1. The first-order valence-electron chi connectivity index (χ1n) is 9.53. The number of benzene rings is 1. The number of carbonyl (C=O) groups excluding carboxylic acids is 1. The standard InChI is InChI=1S/C23H21N3O4/c1-28-19-5-3-18(4-6-19)21-9-7-20(30-21)8-11-23(27)29-15-17-2-10-22(25-14-17)26-13-12-24-16-26/h2-7,9-10,12-14,16H,8,11,15H2,1H3. The summed E-state index contributed by atoms with van der Waals surface area (Å²) < 4.78 is 18.2. The van der Waals surface area contributed by atoms with Gasteiger partial charge in [0, 0.05) is 36.1 Å². The second-order valence-electron chi connectivity index (χ2n) is 6.65. The van der Waals surface area contributed by atoms with Gasteiger partial charge in [0.15, 0.2) is 0 Å². The van der Waals surface area contributed by atoms with E-state index < -0.39 is 0 Å². The fraction of sp³-hybridized carbons (Fsp3) is 0.174. The van der Waals surface area contributed by atoms with Crippen molar-refractivity contribution in [3.63, 3.8) is 0 Å². The van der Waals surface area contributed by atoms with Crippen LogP contribution in [0.4, 0.5) is 0 Å². The first-order chi connectivity index (χ1) is 14.7. The van der Waals surface area contributed by atoms with Gasteiger partial charge in [-0.1, -0.05) is 6.07 Å². The molecule has 0 radical (unpaired) electrons. The number of rotatable bonds is 8. The number of nitrogens with zero attached hydrogens (tertiary/aromatic N) is 3. The highest BCUT2D eigenvalue weighted by Gasteiger charge is 2.09. The molecule has 0 amide bonds. The van der Waals surface area contributed by atoms with Crippen LogP contribution in [0, 0.1) is 0 Å². The Morgan fingerprint density at radius 3 is 2.67 bits per heavy atom. The van der Waals surface area contributed by atoms with E-state index in [2.05, 4.69) is 9.97 Å². The minimum absolute atomic E-state index is 0.186. The summed E-state index contributed by atoms with van der Waals surface area (Å²) in [7, 11) is 1.63. The van der Waals surface area contributed by atoms with E-state index in [1.54, 1.807) is 30.4 Å². The van der Waals surface area contributed by atoms with E-state index in [4.69, 9.17) is 13.9 Å². The largest absolute Gasteiger partial charge is 0.497 e. The lowest BCUT2D eigenvalue weighted by molar-refractivity contribution is -0.145. The number of hydrogen-bond acceptors (Lipinski definition) is 6. The van der Waals surface area contributed by atoms with Crippen LogP contribution in [0.2, 0.25) is 0 Å². The number of carbonyl (C=O) groups is 1. The van der Waals surface area contributed by atoms with Crippen LogP contribution in [0.15, 0.2) is 77.9 Å². The summed E-state index contributed by atoms with van der Waals surface area (Å²) in [4.78, 5) is 20.4. The first kappa shape index (κ1) is 19.4. The normalized spacial score (nSPS) is 10.7. The lowest BCUT2D eigenvalue weighted by Gasteiger charge is -2.06. The van der Waals surface area contributed by atoms with Crippen molar-refractivity contribution < 1.29 is 18.7 Å². The SMILES string of the molecule is COc1ccc(-c2ccc(CCC(=O)OCc3ccc(-n4ccnc4)nc3)o2)cc1. The number of esters is 1. The third-order valence-corrected chi connectivity index (χ3v) is 4.59. The molecule has 3 heterocycles. The molecule has 0 spiro atoms. The molecular formula is C23H21N3O4. The highest BCUT2D eigenvalue weighted by atomic mass is 16.5. The quantitative estimate of drug-likeness (QED) is 0.410. The van der Waals surface area contributed by atoms with Crippen LogP contribution < -0.4 is 4.74 Å². The molecule has 1 aromatic carbocycles. The predicted molar refractivity (Wildman–Crippen MR) is 110 cm³/mol. The molecule has 0 saturated carbocycles. The summed E-state index contributed by atoms with van der Waals surface area (Å²) in [5.41, 5.74) is 1.78. The highest BCUT2D eigenvalue weighted by molar-refractivity contribution is 5.69. The molecule has 0 saturated heterocycles. The molecule has 0 N–H and O–H groups in total. The Bertz CT molecular complexity index is 1080. The van der Waals surface area contributed by atoms with Gasteiger partial charge in [-0.2, -0.15) is 0 Å². The number of furan rings is 1. The van der Waals surface area contributed by atoms with Crippen molar-refractivity contribution in [2.45, 2.75) is 19.4 Å². The van der Waals surface area contributed by atoms with Crippen LogP contribution in [0.3, 0.4) is 0 Å². The van der Waals surface area contributed by atoms with E-state index in [9.17, 15) is 4.79 Å². The topological polar surface area (TPSA) is 79.4 Å². The molecule has 0 fully saturated rings. The zero-order valence-electron chi connectivity index (χ0n) is 16.5. The molecule has 0 atom stereocenters. The van der Waals surface area contributed by atoms with Gasteiger partial charge in [-0.15, -0.1) is 0 Å². The maximum absolute atomic E-state index is 12.1. The Labute approximate surface area is 173 Å². The third-order valence-electron chi connectivity index (χ3n) is 4.59. The predicted octanol–water partition coefficient (Wildman–Crippen LogP) is 4.21. The number of hydrogen-bond donors (Lipinski definition) is 0. The Morgan fingerprint density at radius 2 is 1.97 bits per heavy atom. The van der Waals surface area contributed by atoms with E-state index in [0.717, 1.165) is 34.2 Å². The zero-order valence-corrected chi connectivity index (χ0v) is 16.5. The van der Waals surface area contributed by atoms with Crippen molar-refractivity contribution in [2.75, 3.05) is 7.11 Å². The van der Waals surface area contributed by atoms with Crippen molar-refractivity contribution in [1.82, 2.24) is 14.5 Å². The number of imidazole rings is 1. The van der Waals surface area contributed by atoms with Gasteiger partial charge < -0.3 is 13.9 Å². The molecule has 4 aromatic rings. The molecule has 0 unspecified atom stereocenters. The zero-order chi connectivity index (χ0) is 20.8. The molecule has 152 valence electrons. The second kappa shape index (κ2) is 9.09. The van der Waals surface area contributed by atoms with Crippen LogP contribution >= 0.6 is 0 Å². The van der Waals surface area contributed by atoms with E-state index >= 15 is 0 Å². The fourth-order valence-corrected chi connectivity index (χ4v) is 2.93. The lowest BCUT2D eigenvalue weighted by atomic mass is 10.2. The Balaban J connectivity index is 1.25. The number of aryl methyl sites for hydroxylation is 1. The van der Waals surface area contributed by atoms with Crippen molar-refractivity contribution in [3.8, 4) is 22.9 Å². The lowest BCUT2D eigenvalue weighted by Crippen LogP contribution is -2.06. The van der Waals surface area contributed by atoms with Crippen molar-refractivity contribution in [1.29, 1.82) is 0 Å². The molecule has 7 heteroatoms. The summed E-state index contributed by atoms with van der Waals surface area (Å²) in [5.74, 6) is 2.76. The first-order valence-corrected chi connectivity index (χ1v) is 9.53. The van der Waals surface area contributed by atoms with Crippen molar-refractivity contribution in [2.24, 2.45) is 0 Å². The second-order valence-corrected chi connectivity index (χ2v) is 6.65. The minimum Gasteiger partial charge on any atom is -0.497 e. The molecule has 0 aliphatic rings. The van der Waals surface area contributed by atoms with Gasteiger partial charge >= 0.3 is 5.97 Å². The van der Waals surface area contributed by atoms with Gasteiger partial charge in [-0.05, 0) is 42.5 Å². The third kappa shape index (κ3) is 4.75. The number of ether oxygens (including phenoxy) is 2. The molecule has 4 rings (SSSR count). The average molecular weight is 403 g/mol. The van der Waals surface area contributed by atoms with Crippen LogP contribution in [0.25, 0.3) is 17.1 Å². The van der Waals surface area contributed by atoms with Gasteiger partial charge in [-0.25, -0.2) is 9.97 Å². The van der Waals surface area contributed by atoms with Gasteiger partial charge in [-0.3, -0.25) is 9.36 Å². The van der Waals surface area contributed by atoms with Gasteiger partial charge in [0.2, 0.25) is 0 Å². The summed E-state index contributed by atoms with van der Waals surface area (Å²) in [6.07, 6.45) is 7.60. The van der Waals surface area contributed by atoms with Crippen molar-refractivity contribution >= 4 is 5.97 Å². The van der Waals surface area contributed by atoms with E-state index in [1.165, 1.54) is 0 Å². The van der Waals surface area contributed by atoms with E-state index in [-0.39, 0.29) is 19.0 Å². The molecular weight excluding hydrogens is 382 g/mol. The van der Waals surface area contributed by atoms with Crippen LogP contribution in [0.5, 0.6) is 5.75 Å². The maximum atomic E-state index is 12.1. The van der Waals surface area contributed by atoms with Gasteiger partial charge in [0.05, 0.1) is 13.5 Å². The number of methoxy groups -OCH3 is 1. The average Bonchev–Trinajstić information content (AvgIpc) is 3.49. The van der Waals surface area contributed by atoms with Crippen LogP contribution in [-0.2, 0) is 22.6 Å². The molecule has 3 aromatic heterocycles. The molecule has 0 aliphatic heterocycles. The van der Waals surface area contributed by atoms with E-state index in [1.807, 2.05) is 54.7 Å². The summed E-state index contributed by atoms with van der Waals surface area (Å²) >= 11 is 0. The fourth-order valence-electron chi connectivity index (χ4n) is 2.93. The number of aromatic nitrogens is 3. The highest BCUT2D eigenvalue weighted by Crippen LogP contribution is 2.25.